The van der Waals surface area contributed by atoms with Gasteiger partial charge >= 0.3 is 0 Å². The molecule has 6 heteroatoms. The average molecular weight is 498 g/mol. The number of hydrogen-bond acceptors (Lipinski definition) is 4. The maximum Gasteiger partial charge on any atom is 0.237 e. The highest BCUT2D eigenvalue weighted by Gasteiger charge is 2.42. The molecule has 200 valence electrons. The second-order valence-electron chi connectivity index (χ2n) is 12.6. The van der Waals surface area contributed by atoms with E-state index in [-0.39, 0.29) is 35.4 Å². The molecule has 3 fully saturated rings. The summed E-state index contributed by atoms with van der Waals surface area (Å²) in [5, 5.41) is 18.0. The molecule has 0 spiro atoms. The monoisotopic (exact) mass is 497 g/mol. The van der Waals surface area contributed by atoms with Crippen molar-refractivity contribution in [3.63, 3.8) is 0 Å². The fourth-order valence-corrected chi connectivity index (χ4v) is 6.63. The summed E-state index contributed by atoms with van der Waals surface area (Å²) in [6.45, 7) is 7.30. The molecule has 2 amide bonds. The van der Waals surface area contributed by atoms with E-state index in [1.807, 2.05) is 39.0 Å². The summed E-state index contributed by atoms with van der Waals surface area (Å²) in [7, 11) is 0. The van der Waals surface area contributed by atoms with Crippen molar-refractivity contribution in [1.82, 2.24) is 15.5 Å². The molecule has 4 rings (SSSR count). The lowest BCUT2D eigenvalue weighted by atomic mass is 9.72. The van der Waals surface area contributed by atoms with Crippen molar-refractivity contribution in [3.05, 3.63) is 35.9 Å². The third-order valence-corrected chi connectivity index (χ3v) is 8.54. The first-order chi connectivity index (χ1) is 17.2. The molecule has 1 aliphatic heterocycles. The maximum atomic E-state index is 13.4. The average Bonchev–Trinajstić information content (AvgIpc) is 3.38. The lowest BCUT2D eigenvalue weighted by Crippen LogP contribution is -2.60. The van der Waals surface area contributed by atoms with Crippen LogP contribution in [0, 0.1) is 17.8 Å². The summed E-state index contributed by atoms with van der Waals surface area (Å²) in [5.74, 6) is 1.36. The molecular weight excluding hydrogens is 450 g/mol. The number of carbonyl (C=O) groups excluding carboxylic acids is 2. The molecule has 1 saturated heterocycles. The Morgan fingerprint density at radius 1 is 0.972 bits per heavy atom. The summed E-state index contributed by atoms with van der Waals surface area (Å²) < 4.78 is 0. The second kappa shape index (κ2) is 12.1. The van der Waals surface area contributed by atoms with E-state index in [0.717, 1.165) is 44.2 Å². The molecule has 6 nitrogen and oxygen atoms in total. The van der Waals surface area contributed by atoms with Crippen LogP contribution < -0.4 is 10.6 Å². The number of aliphatic hydroxyl groups is 1. The number of amides is 2. The zero-order valence-corrected chi connectivity index (χ0v) is 22.5. The van der Waals surface area contributed by atoms with E-state index in [2.05, 4.69) is 27.7 Å². The van der Waals surface area contributed by atoms with Gasteiger partial charge in [0.05, 0.1) is 18.2 Å². The normalized spacial score (nSPS) is 27.2. The van der Waals surface area contributed by atoms with Gasteiger partial charge in [0.1, 0.15) is 0 Å². The fourth-order valence-electron chi connectivity index (χ4n) is 6.63. The lowest BCUT2D eigenvalue weighted by Gasteiger charge is -2.47. The van der Waals surface area contributed by atoms with Gasteiger partial charge in [0.2, 0.25) is 11.8 Å². The molecule has 3 N–H and O–H groups in total. The van der Waals surface area contributed by atoms with E-state index in [9.17, 15) is 14.7 Å². The Morgan fingerprint density at radius 2 is 1.61 bits per heavy atom. The van der Waals surface area contributed by atoms with Gasteiger partial charge in [-0.15, -0.1) is 0 Å². The number of nitrogens with zero attached hydrogens (tertiary/aromatic N) is 1. The van der Waals surface area contributed by atoms with Gasteiger partial charge in [-0.05, 0) is 70.3 Å². The van der Waals surface area contributed by atoms with Crippen LogP contribution >= 0.6 is 0 Å². The number of hydrogen-bond donors (Lipinski definition) is 3. The Labute approximate surface area is 217 Å². The Bertz CT molecular complexity index is 862. The van der Waals surface area contributed by atoms with Crippen LogP contribution in [0.5, 0.6) is 0 Å². The van der Waals surface area contributed by atoms with Crippen molar-refractivity contribution < 1.29 is 14.7 Å². The molecule has 5 unspecified atom stereocenters. The van der Waals surface area contributed by atoms with Crippen LogP contribution in [0.15, 0.2) is 30.3 Å². The topological polar surface area (TPSA) is 81.7 Å². The molecule has 5 atom stereocenters. The van der Waals surface area contributed by atoms with Crippen molar-refractivity contribution in [3.8, 4) is 0 Å². The van der Waals surface area contributed by atoms with Gasteiger partial charge in [-0.2, -0.15) is 0 Å². The molecule has 2 aliphatic carbocycles. The first-order valence-electron chi connectivity index (χ1n) is 14.3. The standard InChI is InChI=1S/C30H47N3O3/c1-30(2,3)32-29(36)26-18-23-15-9-10-16-24(23)19-33(26)20-27(34)25(17-21-11-5-4-6-12-21)31-28(35)22-13-7-8-14-22/h4-6,11-12,22-27,34H,7-10,13-20H2,1-3H3,(H,31,35)(H,32,36). The van der Waals surface area contributed by atoms with Crippen molar-refractivity contribution in [2.24, 2.45) is 17.8 Å². The van der Waals surface area contributed by atoms with Crippen LogP contribution in [0.2, 0.25) is 0 Å². The number of likely N-dealkylation sites (tertiary alicyclic amines) is 1. The van der Waals surface area contributed by atoms with Crippen LogP contribution in [0.3, 0.4) is 0 Å². The number of benzene rings is 1. The predicted octanol–water partition coefficient (Wildman–Crippen LogP) is 4.06. The third-order valence-electron chi connectivity index (χ3n) is 8.54. The molecule has 0 bridgehead atoms. The quantitative estimate of drug-likeness (QED) is 0.506. The number of carbonyl (C=O) groups is 2. The number of piperidine rings is 1. The van der Waals surface area contributed by atoms with Gasteiger partial charge in [-0.25, -0.2) is 0 Å². The number of rotatable bonds is 8. The van der Waals surface area contributed by atoms with Gasteiger partial charge in [0.25, 0.3) is 0 Å². The van der Waals surface area contributed by atoms with Gasteiger partial charge in [0.15, 0.2) is 0 Å². The van der Waals surface area contributed by atoms with E-state index in [0.29, 0.717) is 24.8 Å². The third kappa shape index (κ3) is 7.32. The van der Waals surface area contributed by atoms with Crippen molar-refractivity contribution in [2.45, 2.75) is 109 Å². The molecular formula is C30H47N3O3. The number of aliphatic hydroxyl groups excluding tert-OH is 1. The minimum Gasteiger partial charge on any atom is -0.390 e. The fraction of sp³-hybridized carbons (Fsp3) is 0.733. The van der Waals surface area contributed by atoms with E-state index in [1.165, 1.54) is 25.7 Å². The minimum absolute atomic E-state index is 0.0544. The largest absolute Gasteiger partial charge is 0.390 e. The molecule has 1 aromatic carbocycles. The van der Waals surface area contributed by atoms with E-state index < -0.39 is 6.10 Å². The Balaban J connectivity index is 1.50. The molecule has 0 aromatic heterocycles. The molecule has 0 radical (unpaired) electrons. The molecule has 1 aromatic rings. The smallest absolute Gasteiger partial charge is 0.237 e. The summed E-state index contributed by atoms with van der Waals surface area (Å²) in [6.07, 6.45) is 9.68. The highest BCUT2D eigenvalue weighted by atomic mass is 16.3. The lowest BCUT2D eigenvalue weighted by molar-refractivity contribution is -0.133. The van der Waals surface area contributed by atoms with E-state index in [4.69, 9.17) is 0 Å². The van der Waals surface area contributed by atoms with Gasteiger partial charge in [0, 0.05) is 24.5 Å². The maximum absolute atomic E-state index is 13.4. The highest BCUT2D eigenvalue weighted by molar-refractivity contribution is 5.82. The summed E-state index contributed by atoms with van der Waals surface area (Å²) in [6, 6.07) is 9.47. The first-order valence-corrected chi connectivity index (χ1v) is 14.3. The Hall–Kier alpha value is -1.92. The molecule has 3 aliphatic rings. The zero-order valence-electron chi connectivity index (χ0n) is 22.5. The van der Waals surface area contributed by atoms with Crippen molar-refractivity contribution in [1.29, 1.82) is 0 Å². The van der Waals surface area contributed by atoms with Crippen molar-refractivity contribution >= 4 is 11.8 Å². The van der Waals surface area contributed by atoms with Crippen LogP contribution in [0.25, 0.3) is 0 Å². The van der Waals surface area contributed by atoms with Crippen LogP contribution in [-0.2, 0) is 16.0 Å². The van der Waals surface area contributed by atoms with Crippen molar-refractivity contribution in [2.75, 3.05) is 13.1 Å². The SMILES string of the molecule is CC(C)(C)NC(=O)C1CC2CCCCC2CN1CC(O)C(Cc1ccccc1)NC(=O)C1CCCC1. The van der Waals surface area contributed by atoms with Crippen LogP contribution in [0.4, 0.5) is 0 Å². The summed E-state index contributed by atoms with van der Waals surface area (Å²) in [5.41, 5.74) is 0.803. The van der Waals surface area contributed by atoms with Gasteiger partial charge in [-0.1, -0.05) is 62.4 Å². The van der Waals surface area contributed by atoms with E-state index >= 15 is 0 Å². The second-order valence-corrected chi connectivity index (χ2v) is 12.6. The Kier molecular flexibility index (Phi) is 9.10. The van der Waals surface area contributed by atoms with Gasteiger partial charge in [-0.3, -0.25) is 14.5 Å². The number of nitrogens with one attached hydrogen (secondary N) is 2. The van der Waals surface area contributed by atoms with E-state index in [1.54, 1.807) is 0 Å². The van der Waals surface area contributed by atoms with Crippen LogP contribution in [-0.4, -0.2) is 58.6 Å². The Morgan fingerprint density at radius 3 is 2.28 bits per heavy atom. The zero-order chi connectivity index (χ0) is 25.7. The summed E-state index contributed by atoms with van der Waals surface area (Å²) in [4.78, 5) is 28.7. The molecule has 1 heterocycles. The van der Waals surface area contributed by atoms with Gasteiger partial charge < -0.3 is 15.7 Å². The first kappa shape index (κ1) is 27.1. The molecule has 36 heavy (non-hydrogen) atoms. The predicted molar refractivity (Wildman–Crippen MR) is 143 cm³/mol. The summed E-state index contributed by atoms with van der Waals surface area (Å²) >= 11 is 0. The van der Waals surface area contributed by atoms with Crippen LogP contribution in [0.1, 0.15) is 84.1 Å². The highest BCUT2D eigenvalue weighted by Crippen LogP contribution is 2.39. The minimum atomic E-state index is -0.749. The molecule has 2 saturated carbocycles. The number of β-amino-alcohol motifs (C(OH)–C–C–N with tert-alkyl or cyclic N) is 1. The number of fused-ring (bicyclic) bond motifs is 1.